The average Bonchev–Trinajstić information content (AvgIpc) is 2.42. The number of likely N-dealkylation sites (tertiary alicyclic amines) is 1. The van der Waals surface area contributed by atoms with Crippen LogP contribution in [0.25, 0.3) is 0 Å². The van der Waals surface area contributed by atoms with Crippen LogP contribution in [-0.4, -0.2) is 41.9 Å². The van der Waals surface area contributed by atoms with E-state index in [1.807, 2.05) is 0 Å². The Kier molecular flexibility index (Phi) is 4.93. The zero-order valence-corrected chi connectivity index (χ0v) is 12.2. The van der Waals surface area contributed by atoms with Crippen molar-refractivity contribution in [2.75, 3.05) is 18.4 Å². The molecule has 0 aromatic heterocycles. The third-order valence-corrected chi connectivity index (χ3v) is 3.85. The van der Waals surface area contributed by atoms with Gasteiger partial charge in [0.05, 0.1) is 6.54 Å². The first-order chi connectivity index (χ1) is 9.95. The molecule has 2 amide bonds. The SMILES string of the molecule is CC1CC(N)CCN1CC(=O)Nc1ccc(C(N)=O)cc1. The van der Waals surface area contributed by atoms with Crippen molar-refractivity contribution in [3.8, 4) is 0 Å². The normalized spacial score (nSPS) is 22.8. The van der Waals surface area contributed by atoms with Crippen LogP contribution in [0.1, 0.15) is 30.1 Å². The average molecular weight is 290 g/mol. The van der Waals surface area contributed by atoms with Crippen molar-refractivity contribution in [1.29, 1.82) is 0 Å². The molecule has 21 heavy (non-hydrogen) atoms. The Labute approximate surface area is 124 Å². The number of piperidine rings is 1. The number of carbonyl (C=O) groups excluding carboxylic acids is 2. The molecule has 1 aliphatic heterocycles. The summed E-state index contributed by atoms with van der Waals surface area (Å²) in [5, 5.41) is 2.82. The molecule has 0 saturated carbocycles. The summed E-state index contributed by atoms with van der Waals surface area (Å²) in [6.07, 6.45) is 1.84. The second kappa shape index (κ2) is 6.69. The van der Waals surface area contributed by atoms with Gasteiger partial charge in [0.2, 0.25) is 11.8 Å². The first-order valence-electron chi connectivity index (χ1n) is 7.15. The highest BCUT2D eigenvalue weighted by Crippen LogP contribution is 2.16. The number of carbonyl (C=O) groups is 2. The number of nitrogens with one attached hydrogen (secondary N) is 1. The van der Waals surface area contributed by atoms with Crippen molar-refractivity contribution in [2.45, 2.75) is 31.8 Å². The van der Waals surface area contributed by atoms with Gasteiger partial charge in [0.15, 0.2) is 0 Å². The number of amides is 2. The fraction of sp³-hybridized carbons (Fsp3) is 0.467. The molecule has 1 heterocycles. The second-order valence-corrected chi connectivity index (χ2v) is 5.59. The second-order valence-electron chi connectivity index (χ2n) is 5.59. The third kappa shape index (κ3) is 4.27. The van der Waals surface area contributed by atoms with Gasteiger partial charge < -0.3 is 16.8 Å². The maximum atomic E-state index is 12.1. The van der Waals surface area contributed by atoms with Gasteiger partial charge in [-0.2, -0.15) is 0 Å². The van der Waals surface area contributed by atoms with Crippen LogP contribution in [0.2, 0.25) is 0 Å². The monoisotopic (exact) mass is 290 g/mol. The fourth-order valence-electron chi connectivity index (χ4n) is 2.59. The lowest BCUT2D eigenvalue weighted by atomic mass is 9.99. The third-order valence-electron chi connectivity index (χ3n) is 3.85. The first-order valence-corrected chi connectivity index (χ1v) is 7.15. The maximum Gasteiger partial charge on any atom is 0.248 e. The van der Waals surface area contributed by atoms with Gasteiger partial charge in [-0.1, -0.05) is 0 Å². The predicted octanol–water partition coefficient (Wildman–Crippen LogP) is 0.536. The summed E-state index contributed by atoms with van der Waals surface area (Å²) in [5.41, 5.74) is 12.2. The molecule has 5 N–H and O–H groups in total. The predicted molar refractivity (Wildman–Crippen MR) is 81.8 cm³/mol. The van der Waals surface area contributed by atoms with Crippen LogP contribution in [0.5, 0.6) is 0 Å². The number of hydrogen-bond acceptors (Lipinski definition) is 4. The zero-order chi connectivity index (χ0) is 15.4. The van der Waals surface area contributed by atoms with E-state index in [1.165, 1.54) is 0 Å². The molecule has 1 fully saturated rings. The van der Waals surface area contributed by atoms with Gasteiger partial charge in [-0.05, 0) is 44.0 Å². The summed E-state index contributed by atoms with van der Waals surface area (Å²) in [6.45, 7) is 3.29. The van der Waals surface area contributed by atoms with Gasteiger partial charge in [0.1, 0.15) is 0 Å². The molecule has 1 saturated heterocycles. The first kappa shape index (κ1) is 15.5. The van der Waals surface area contributed by atoms with E-state index in [4.69, 9.17) is 11.5 Å². The molecule has 1 aromatic carbocycles. The molecular weight excluding hydrogens is 268 g/mol. The van der Waals surface area contributed by atoms with E-state index in [-0.39, 0.29) is 11.9 Å². The summed E-state index contributed by atoms with van der Waals surface area (Å²) < 4.78 is 0. The quantitative estimate of drug-likeness (QED) is 0.753. The Hall–Kier alpha value is -1.92. The Balaban J connectivity index is 1.88. The lowest BCUT2D eigenvalue weighted by Crippen LogP contribution is -2.48. The molecule has 6 heteroatoms. The Morgan fingerprint density at radius 2 is 2.00 bits per heavy atom. The summed E-state index contributed by atoms with van der Waals surface area (Å²) in [5.74, 6) is -0.546. The fourth-order valence-corrected chi connectivity index (χ4v) is 2.59. The van der Waals surface area contributed by atoms with Crippen molar-refractivity contribution in [2.24, 2.45) is 11.5 Å². The van der Waals surface area contributed by atoms with Crippen LogP contribution in [-0.2, 0) is 4.79 Å². The Morgan fingerprint density at radius 1 is 1.33 bits per heavy atom. The summed E-state index contributed by atoms with van der Waals surface area (Å²) in [6, 6.07) is 7.10. The summed E-state index contributed by atoms with van der Waals surface area (Å²) >= 11 is 0. The largest absolute Gasteiger partial charge is 0.366 e. The van der Waals surface area contributed by atoms with E-state index < -0.39 is 5.91 Å². The number of benzene rings is 1. The van der Waals surface area contributed by atoms with E-state index in [0.29, 0.717) is 23.8 Å². The van der Waals surface area contributed by atoms with Crippen LogP contribution in [0.3, 0.4) is 0 Å². The molecular formula is C15H22N4O2. The van der Waals surface area contributed by atoms with E-state index in [9.17, 15) is 9.59 Å². The van der Waals surface area contributed by atoms with Crippen molar-refractivity contribution in [1.82, 2.24) is 4.90 Å². The van der Waals surface area contributed by atoms with E-state index in [0.717, 1.165) is 19.4 Å². The number of nitrogens with zero attached hydrogens (tertiary/aromatic N) is 1. The van der Waals surface area contributed by atoms with Crippen molar-refractivity contribution in [3.63, 3.8) is 0 Å². The molecule has 0 aliphatic carbocycles. The van der Waals surface area contributed by atoms with E-state index in [1.54, 1.807) is 24.3 Å². The van der Waals surface area contributed by atoms with Gasteiger partial charge >= 0.3 is 0 Å². The molecule has 2 unspecified atom stereocenters. The van der Waals surface area contributed by atoms with Gasteiger partial charge in [0.25, 0.3) is 0 Å². The van der Waals surface area contributed by atoms with Crippen LogP contribution in [0, 0.1) is 0 Å². The highest BCUT2D eigenvalue weighted by molar-refractivity contribution is 5.95. The molecule has 1 aliphatic rings. The van der Waals surface area contributed by atoms with E-state index >= 15 is 0 Å². The number of nitrogens with two attached hydrogens (primary N) is 2. The topological polar surface area (TPSA) is 101 Å². The van der Waals surface area contributed by atoms with Gasteiger partial charge in [-0.15, -0.1) is 0 Å². The maximum absolute atomic E-state index is 12.1. The van der Waals surface area contributed by atoms with Crippen molar-refractivity contribution < 1.29 is 9.59 Å². The lowest BCUT2D eigenvalue weighted by molar-refractivity contribution is -0.118. The van der Waals surface area contributed by atoms with Crippen molar-refractivity contribution >= 4 is 17.5 Å². The minimum Gasteiger partial charge on any atom is -0.366 e. The molecule has 1 aromatic rings. The molecule has 114 valence electrons. The highest BCUT2D eigenvalue weighted by atomic mass is 16.2. The lowest BCUT2D eigenvalue weighted by Gasteiger charge is -2.35. The van der Waals surface area contributed by atoms with Crippen LogP contribution in [0.4, 0.5) is 5.69 Å². The van der Waals surface area contributed by atoms with E-state index in [2.05, 4.69) is 17.1 Å². The van der Waals surface area contributed by atoms with Crippen LogP contribution < -0.4 is 16.8 Å². The molecule has 0 spiro atoms. The molecule has 0 radical (unpaired) electrons. The Bertz CT molecular complexity index is 515. The Morgan fingerprint density at radius 3 is 2.57 bits per heavy atom. The zero-order valence-electron chi connectivity index (χ0n) is 12.2. The molecule has 2 rings (SSSR count). The standard InChI is InChI=1S/C15H22N4O2/c1-10-8-12(16)6-7-19(10)9-14(20)18-13-4-2-11(3-5-13)15(17)21/h2-5,10,12H,6-9,16H2,1H3,(H2,17,21)(H,18,20). The summed E-state index contributed by atoms with van der Waals surface area (Å²) in [7, 11) is 0. The number of hydrogen-bond donors (Lipinski definition) is 3. The number of rotatable bonds is 4. The molecule has 0 bridgehead atoms. The van der Waals surface area contributed by atoms with Gasteiger partial charge in [-0.3, -0.25) is 14.5 Å². The van der Waals surface area contributed by atoms with Crippen molar-refractivity contribution in [3.05, 3.63) is 29.8 Å². The molecule has 2 atom stereocenters. The number of primary amides is 1. The smallest absolute Gasteiger partial charge is 0.248 e. The van der Waals surface area contributed by atoms with Crippen LogP contribution >= 0.6 is 0 Å². The number of anilines is 1. The minimum atomic E-state index is -0.480. The minimum absolute atomic E-state index is 0.0656. The van der Waals surface area contributed by atoms with Crippen LogP contribution in [0.15, 0.2) is 24.3 Å². The highest BCUT2D eigenvalue weighted by Gasteiger charge is 2.24. The van der Waals surface area contributed by atoms with Gasteiger partial charge in [-0.25, -0.2) is 0 Å². The summed E-state index contributed by atoms with van der Waals surface area (Å²) in [4.78, 5) is 25.2. The molecule has 6 nitrogen and oxygen atoms in total. The van der Waals surface area contributed by atoms with Gasteiger partial charge in [0, 0.05) is 29.9 Å².